The fourth-order valence-corrected chi connectivity index (χ4v) is 2.52. The zero-order chi connectivity index (χ0) is 16.2. The summed E-state index contributed by atoms with van der Waals surface area (Å²) in [4.78, 5) is 18.6. The number of hydrogen-bond donors (Lipinski definition) is 0. The second-order valence-corrected chi connectivity index (χ2v) is 6.32. The Morgan fingerprint density at radius 1 is 1.09 bits per heavy atom. The van der Waals surface area contributed by atoms with Gasteiger partial charge in [0.25, 0.3) is 0 Å². The van der Waals surface area contributed by atoms with Crippen LogP contribution in [0.5, 0.6) is 0 Å². The molecule has 0 radical (unpaired) electrons. The molecule has 0 fully saturated rings. The summed E-state index contributed by atoms with van der Waals surface area (Å²) in [6, 6.07) is 12.2. The topological polar surface area (TPSA) is 33.2 Å². The molecule has 0 N–H and O–H groups in total. The van der Waals surface area contributed by atoms with E-state index in [-0.39, 0.29) is 5.91 Å². The van der Waals surface area contributed by atoms with E-state index in [9.17, 15) is 4.79 Å². The Morgan fingerprint density at radius 3 is 2.27 bits per heavy atom. The Labute approximate surface area is 133 Å². The predicted octanol–water partition coefficient (Wildman–Crippen LogP) is 3.37. The van der Waals surface area contributed by atoms with Crippen molar-refractivity contribution in [1.82, 2.24) is 9.88 Å². The predicted molar refractivity (Wildman–Crippen MR) is 89.8 cm³/mol. The van der Waals surface area contributed by atoms with E-state index in [1.165, 1.54) is 11.1 Å². The van der Waals surface area contributed by atoms with Crippen molar-refractivity contribution in [3.8, 4) is 0 Å². The monoisotopic (exact) mass is 296 g/mol. The highest BCUT2D eigenvalue weighted by Gasteiger charge is 2.32. The van der Waals surface area contributed by atoms with E-state index < -0.39 is 5.41 Å². The van der Waals surface area contributed by atoms with Gasteiger partial charge in [0.05, 0.1) is 5.41 Å². The smallest absolute Gasteiger partial charge is 0.232 e. The van der Waals surface area contributed by atoms with Gasteiger partial charge in [-0.3, -0.25) is 9.78 Å². The van der Waals surface area contributed by atoms with E-state index in [0.717, 1.165) is 12.0 Å². The molecule has 1 amide bonds. The average molecular weight is 296 g/mol. The minimum Gasteiger partial charge on any atom is -0.345 e. The molecule has 1 heterocycles. The molecule has 2 rings (SSSR count). The minimum atomic E-state index is -0.513. The van der Waals surface area contributed by atoms with E-state index >= 15 is 0 Å². The zero-order valence-corrected chi connectivity index (χ0v) is 13.8. The molecule has 0 atom stereocenters. The molecule has 116 valence electrons. The van der Waals surface area contributed by atoms with Crippen LogP contribution in [0.15, 0.2) is 48.8 Å². The summed E-state index contributed by atoms with van der Waals surface area (Å²) in [5.74, 6) is 0.144. The number of hydrogen-bond acceptors (Lipinski definition) is 2. The second kappa shape index (κ2) is 6.73. The number of aromatic nitrogens is 1. The lowest BCUT2D eigenvalue weighted by molar-refractivity contribution is -0.134. The molecule has 0 saturated carbocycles. The number of nitrogens with zero attached hydrogens (tertiary/aromatic N) is 2. The van der Waals surface area contributed by atoms with Crippen LogP contribution in [-0.4, -0.2) is 29.4 Å². The van der Waals surface area contributed by atoms with E-state index in [1.807, 2.05) is 50.1 Å². The van der Waals surface area contributed by atoms with Crippen LogP contribution in [0.4, 0.5) is 0 Å². The summed E-state index contributed by atoms with van der Waals surface area (Å²) in [5, 5.41) is 0. The van der Waals surface area contributed by atoms with E-state index in [1.54, 1.807) is 12.4 Å². The highest BCUT2D eigenvalue weighted by molar-refractivity contribution is 5.87. The second-order valence-electron chi connectivity index (χ2n) is 6.32. The van der Waals surface area contributed by atoms with E-state index in [2.05, 4.69) is 24.0 Å². The molecular formula is C19H24N2O. The van der Waals surface area contributed by atoms with Crippen LogP contribution in [0.1, 0.15) is 30.5 Å². The Balaban J connectivity index is 2.04. The SMILES string of the molecule is Cc1ccc(C(C)(C)C(=O)N(C)CCc2ccncc2)cc1. The number of benzene rings is 1. The highest BCUT2D eigenvalue weighted by atomic mass is 16.2. The summed E-state index contributed by atoms with van der Waals surface area (Å²) >= 11 is 0. The molecule has 0 saturated heterocycles. The molecule has 1 aromatic heterocycles. The van der Waals surface area contributed by atoms with Crippen molar-refractivity contribution in [3.63, 3.8) is 0 Å². The van der Waals surface area contributed by atoms with Crippen molar-refractivity contribution < 1.29 is 4.79 Å². The summed E-state index contributed by atoms with van der Waals surface area (Å²) in [7, 11) is 1.87. The van der Waals surface area contributed by atoms with Gasteiger partial charge in [-0.25, -0.2) is 0 Å². The van der Waals surface area contributed by atoms with Crippen molar-refractivity contribution in [2.75, 3.05) is 13.6 Å². The van der Waals surface area contributed by atoms with Gasteiger partial charge in [0.2, 0.25) is 5.91 Å². The van der Waals surface area contributed by atoms with Crippen LogP contribution in [0.3, 0.4) is 0 Å². The zero-order valence-electron chi connectivity index (χ0n) is 13.8. The molecule has 1 aromatic carbocycles. The Morgan fingerprint density at radius 2 is 1.68 bits per heavy atom. The van der Waals surface area contributed by atoms with E-state index in [4.69, 9.17) is 0 Å². The lowest BCUT2D eigenvalue weighted by Crippen LogP contribution is -2.42. The highest BCUT2D eigenvalue weighted by Crippen LogP contribution is 2.25. The van der Waals surface area contributed by atoms with Gasteiger partial charge in [0.15, 0.2) is 0 Å². The molecule has 0 aliphatic heterocycles. The number of likely N-dealkylation sites (N-methyl/N-ethyl adjacent to an activating group) is 1. The standard InChI is InChI=1S/C19H24N2O/c1-15-5-7-17(8-6-15)19(2,3)18(22)21(4)14-11-16-9-12-20-13-10-16/h5-10,12-13H,11,14H2,1-4H3. The van der Waals surface area contributed by atoms with Crippen molar-refractivity contribution in [3.05, 3.63) is 65.5 Å². The summed E-state index contributed by atoms with van der Waals surface area (Å²) in [6.07, 6.45) is 4.41. The maximum atomic E-state index is 12.8. The molecule has 0 bridgehead atoms. The van der Waals surface area contributed by atoms with Crippen LogP contribution in [0.25, 0.3) is 0 Å². The molecule has 3 nitrogen and oxygen atoms in total. The lowest BCUT2D eigenvalue weighted by Gasteiger charge is -2.30. The normalized spacial score (nSPS) is 11.3. The molecule has 0 aliphatic carbocycles. The first-order chi connectivity index (χ1) is 10.4. The third-order valence-corrected chi connectivity index (χ3v) is 4.14. The third kappa shape index (κ3) is 3.73. The number of aryl methyl sites for hydroxylation is 1. The number of rotatable bonds is 5. The molecule has 3 heteroatoms. The van der Waals surface area contributed by atoms with Gasteiger partial charge in [0, 0.05) is 26.0 Å². The summed E-state index contributed by atoms with van der Waals surface area (Å²) in [5.41, 5.74) is 2.94. The third-order valence-electron chi connectivity index (χ3n) is 4.14. The summed E-state index contributed by atoms with van der Waals surface area (Å²) in [6.45, 7) is 6.74. The Bertz CT molecular complexity index is 618. The quantitative estimate of drug-likeness (QED) is 0.847. The van der Waals surface area contributed by atoms with E-state index in [0.29, 0.717) is 6.54 Å². The largest absolute Gasteiger partial charge is 0.345 e. The van der Waals surface area contributed by atoms with Gasteiger partial charge in [-0.1, -0.05) is 29.8 Å². The fraction of sp³-hybridized carbons (Fsp3) is 0.368. The molecule has 0 aliphatic rings. The molecular weight excluding hydrogens is 272 g/mol. The first kappa shape index (κ1) is 16.2. The molecule has 2 aromatic rings. The van der Waals surface area contributed by atoms with Gasteiger partial charge in [-0.15, -0.1) is 0 Å². The number of pyridine rings is 1. The van der Waals surface area contributed by atoms with Crippen LogP contribution in [0, 0.1) is 6.92 Å². The lowest BCUT2D eigenvalue weighted by atomic mass is 9.83. The maximum absolute atomic E-state index is 12.8. The number of amides is 1. The maximum Gasteiger partial charge on any atom is 0.232 e. The van der Waals surface area contributed by atoms with Crippen molar-refractivity contribution in [1.29, 1.82) is 0 Å². The van der Waals surface area contributed by atoms with Gasteiger partial charge in [-0.2, -0.15) is 0 Å². The van der Waals surface area contributed by atoms with Gasteiger partial charge in [-0.05, 0) is 50.5 Å². The minimum absolute atomic E-state index is 0.144. The van der Waals surface area contributed by atoms with Gasteiger partial charge >= 0.3 is 0 Å². The van der Waals surface area contributed by atoms with Gasteiger partial charge in [0.1, 0.15) is 0 Å². The van der Waals surface area contributed by atoms with Crippen molar-refractivity contribution in [2.24, 2.45) is 0 Å². The molecule has 0 unspecified atom stereocenters. The van der Waals surface area contributed by atoms with Crippen LogP contribution < -0.4 is 0 Å². The van der Waals surface area contributed by atoms with Crippen LogP contribution >= 0.6 is 0 Å². The molecule has 22 heavy (non-hydrogen) atoms. The number of carbonyl (C=O) groups is 1. The number of carbonyl (C=O) groups excluding carboxylic acids is 1. The van der Waals surface area contributed by atoms with Crippen molar-refractivity contribution in [2.45, 2.75) is 32.6 Å². The first-order valence-corrected chi connectivity index (χ1v) is 7.63. The van der Waals surface area contributed by atoms with Crippen LogP contribution in [-0.2, 0) is 16.6 Å². The Kier molecular flexibility index (Phi) is 4.96. The first-order valence-electron chi connectivity index (χ1n) is 7.63. The Hall–Kier alpha value is -2.16. The fourth-order valence-electron chi connectivity index (χ4n) is 2.52. The van der Waals surface area contributed by atoms with Crippen LogP contribution in [0.2, 0.25) is 0 Å². The molecule has 0 spiro atoms. The summed E-state index contributed by atoms with van der Waals surface area (Å²) < 4.78 is 0. The average Bonchev–Trinajstić information content (AvgIpc) is 2.53. The van der Waals surface area contributed by atoms with Gasteiger partial charge < -0.3 is 4.90 Å². The van der Waals surface area contributed by atoms with Crippen molar-refractivity contribution >= 4 is 5.91 Å².